The minimum absolute atomic E-state index is 0.186. The van der Waals surface area contributed by atoms with Crippen molar-refractivity contribution in [1.29, 1.82) is 0 Å². The summed E-state index contributed by atoms with van der Waals surface area (Å²) in [5.74, 6) is -2.17. The maximum absolute atomic E-state index is 13.4. The van der Waals surface area contributed by atoms with E-state index >= 15 is 0 Å². The highest BCUT2D eigenvalue weighted by atomic mass is 19.1. The molecule has 1 atom stereocenters. The summed E-state index contributed by atoms with van der Waals surface area (Å²) in [7, 11) is 0. The number of carboxylic acids is 1. The normalized spacial score (nSPS) is 12.2. The number of carboxylic acid groups (broad SMARTS) is 1. The van der Waals surface area contributed by atoms with Crippen LogP contribution in [0.2, 0.25) is 0 Å². The van der Waals surface area contributed by atoms with Crippen molar-refractivity contribution in [2.75, 3.05) is 17.6 Å². The molecule has 0 bridgehead atoms. The summed E-state index contributed by atoms with van der Waals surface area (Å²) in [6, 6.07) is 2.16. The molecular weight excluding hydrogens is 239 g/mol. The van der Waals surface area contributed by atoms with Gasteiger partial charge in [0.15, 0.2) is 0 Å². The third kappa shape index (κ3) is 3.89. The number of nitrogen functional groups attached to an aromatic ring is 1. The monoisotopic (exact) mass is 256 g/mol. The Balaban J connectivity index is 2.67. The van der Waals surface area contributed by atoms with Gasteiger partial charge in [-0.15, -0.1) is 0 Å². The summed E-state index contributed by atoms with van der Waals surface area (Å²) in [4.78, 5) is 10.7. The Morgan fingerprint density at radius 2 is 2.22 bits per heavy atom. The fourth-order valence-corrected chi connectivity index (χ4v) is 1.53. The Morgan fingerprint density at radius 3 is 2.78 bits per heavy atom. The number of aliphatic hydroxyl groups excluding tert-OH is 1. The van der Waals surface area contributed by atoms with Crippen LogP contribution in [0.3, 0.4) is 0 Å². The predicted octanol–water partition coefficient (Wildman–Crippen LogP) is 1.68. The molecule has 1 aromatic rings. The van der Waals surface area contributed by atoms with Crippen LogP contribution in [0.15, 0.2) is 12.1 Å². The lowest BCUT2D eigenvalue weighted by atomic mass is 10.1. The molecule has 1 unspecified atom stereocenters. The van der Waals surface area contributed by atoms with Gasteiger partial charge in [0.1, 0.15) is 5.82 Å². The molecule has 0 aliphatic carbocycles. The molecule has 5 nitrogen and oxygen atoms in total. The molecule has 0 fully saturated rings. The first-order chi connectivity index (χ1) is 8.41. The molecule has 1 aromatic carbocycles. The number of hydrogen-bond donors (Lipinski definition) is 4. The van der Waals surface area contributed by atoms with Crippen LogP contribution in [-0.4, -0.2) is 28.8 Å². The molecule has 0 saturated carbocycles. The lowest BCUT2D eigenvalue weighted by Gasteiger charge is -2.11. The Kier molecular flexibility index (Phi) is 4.91. The predicted molar refractivity (Wildman–Crippen MR) is 67.2 cm³/mol. The van der Waals surface area contributed by atoms with Crippen molar-refractivity contribution in [3.05, 3.63) is 23.5 Å². The van der Waals surface area contributed by atoms with Crippen LogP contribution < -0.4 is 11.1 Å². The van der Waals surface area contributed by atoms with E-state index in [-0.39, 0.29) is 11.8 Å². The third-order valence-electron chi connectivity index (χ3n) is 2.48. The standard InChI is InChI=1S/C12H17FN2O3/c1-7(16)3-2-4-15-11-6-9(13)8(12(17)18)5-10(11)14/h5-7,15-16H,2-4,14H2,1H3,(H,17,18). The average Bonchev–Trinajstić information content (AvgIpc) is 2.27. The van der Waals surface area contributed by atoms with Crippen molar-refractivity contribution in [3.8, 4) is 0 Å². The van der Waals surface area contributed by atoms with Crippen molar-refractivity contribution in [1.82, 2.24) is 0 Å². The number of rotatable bonds is 6. The van der Waals surface area contributed by atoms with E-state index in [1.165, 1.54) is 0 Å². The van der Waals surface area contributed by atoms with Crippen LogP contribution in [0.1, 0.15) is 30.1 Å². The Morgan fingerprint density at radius 1 is 1.56 bits per heavy atom. The third-order valence-corrected chi connectivity index (χ3v) is 2.48. The minimum atomic E-state index is -1.35. The van der Waals surface area contributed by atoms with Gasteiger partial charge >= 0.3 is 5.97 Å². The van der Waals surface area contributed by atoms with Gasteiger partial charge in [0.05, 0.1) is 23.0 Å². The molecule has 5 N–H and O–H groups in total. The van der Waals surface area contributed by atoms with Gasteiger partial charge in [0.2, 0.25) is 0 Å². The van der Waals surface area contributed by atoms with Crippen LogP contribution in [0.4, 0.5) is 15.8 Å². The summed E-state index contributed by atoms with van der Waals surface area (Å²) < 4.78 is 13.4. The van der Waals surface area contributed by atoms with Gasteiger partial charge in [-0.1, -0.05) is 0 Å². The molecule has 0 aliphatic heterocycles. The largest absolute Gasteiger partial charge is 0.478 e. The van der Waals surface area contributed by atoms with Crippen molar-refractivity contribution in [2.45, 2.75) is 25.9 Å². The lowest BCUT2D eigenvalue weighted by molar-refractivity contribution is 0.0692. The van der Waals surface area contributed by atoms with Crippen LogP contribution in [0, 0.1) is 5.82 Å². The van der Waals surface area contributed by atoms with Crippen LogP contribution in [0.25, 0.3) is 0 Å². The van der Waals surface area contributed by atoms with Gasteiger partial charge in [0, 0.05) is 6.54 Å². The second kappa shape index (κ2) is 6.20. The van der Waals surface area contributed by atoms with E-state index in [2.05, 4.69) is 5.32 Å². The van der Waals surface area contributed by atoms with Gasteiger partial charge in [-0.3, -0.25) is 0 Å². The molecule has 0 spiro atoms. The van der Waals surface area contributed by atoms with E-state index in [0.717, 1.165) is 12.1 Å². The Hall–Kier alpha value is -1.82. The lowest BCUT2D eigenvalue weighted by Crippen LogP contribution is -2.10. The maximum Gasteiger partial charge on any atom is 0.338 e. The number of nitrogens with two attached hydrogens (primary N) is 1. The highest BCUT2D eigenvalue weighted by molar-refractivity contribution is 5.90. The second-order valence-electron chi connectivity index (χ2n) is 4.14. The van der Waals surface area contributed by atoms with E-state index in [0.29, 0.717) is 25.1 Å². The summed E-state index contributed by atoms with van der Waals surface area (Å²) >= 11 is 0. The van der Waals surface area contributed by atoms with E-state index in [1.807, 2.05) is 0 Å². The van der Waals surface area contributed by atoms with E-state index < -0.39 is 17.3 Å². The van der Waals surface area contributed by atoms with E-state index in [1.54, 1.807) is 6.92 Å². The van der Waals surface area contributed by atoms with Crippen LogP contribution in [-0.2, 0) is 0 Å². The summed E-state index contributed by atoms with van der Waals surface area (Å²) in [5, 5.41) is 20.7. The number of aliphatic hydroxyl groups is 1. The van der Waals surface area contributed by atoms with Gasteiger partial charge in [-0.05, 0) is 31.9 Å². The zero-order valence-corrected chi connectivity index (χ0v) is 10.1. The van der Waals surface area contributed by atoms with Crippen LogP contribution in [0.5, 0.6) is 0 Å². The average molecular weight is 256 g/mol. The molecule has 0 heterocycles. The van der Waals surface area contributed by atoms with Gasteiger partial charge in [0.25, 0.3) is 0 Å². The molecule has 0 aliphatic rings. The first kappa shape index (κ1) is 14.2. The molecule has 0 aromatic heterocycles. The highest BCUT2D eigenvalue weighted by Crippen LogP contribution is 2.23. The number of hydrogen-bond acceptors (Lipinski definition) is 4. The molecule has 6 heteroatoms. The number of aromatic carboxylic acids is 1. The number of halogens is 1. The quantitative estimate of drug-likeness (QED) is 0.459. The maximum atomic E-state index is 13.4. The van der Waals surface area contributed by atoms with Crippen molar-refractivity contribution in [3.63, 3.8) is 0 Å². The first-order valence-electron chi connectivity index (χ1n) is 5.66. The smallest absolute Gasteiger partial charge is 0.338 e. The second-order valence-corrected chi connectivity index (χ2v) is 4.14. The van der Waals surface area contributed by atoms with Gasteiger partial charge in [-0.2, -0.15) is 0 Å². The van der Waals surface area contributed by atoms with Gasteiger partial charge in [-0.25, -0.2) is 9.18 Å². The molecule has 100 valence electrons. The summed E-state index contributed by atoms with van der Waals surface area (Å²) in [6.07, 6.45) is 0.956. The molecular formula is C12H17FN2O3. The number of benzene rings is 1. The van der Waals surface area contributed by atoms with E-state index in [9.17, 15) is 9.18 Å². The zero-order chi connectivity index (χ0) is 13.7. The topological polar surface area (TPSA) is 95.6 Å². The SMILES string of the molecule is CC(O)CCCNc1cc(F)c(C(=O)O)cc1N. The molecule has 0 amide bonds. The van der Waals surface area contributed by atoms with Crippen molar-refractivity contribution in [2.24, 2.45) is 0 Å². The molecule has 0 saturated heterocycles. The number of carbonyl (C=O) groups is 1. The number of nitrogens with one attached hydrogen (secondary N) is 1. The van der Waals surface area contributed by atoms with Crippen molar-refractivity contribution < 1.29 is 19.4 Å². The fraction of sp³-hybridized carbons (Fsp3) is 0.417. The summed E-state index contributed by atoms with van der Waals surface area (Å²) in [6.45, 7) is 2.22. The number of anilines is 2. The minimum Gasteiger partial charge on any atom is -0.478 e. The fourth-order valence-electron chi connectivity index (χ4n) is 1.53. The van der Waals surface area contributed by atoms with Gasteiger partial charge < -0.3 is 21.3 Å². The zero-order valence-electron chi connectivity index (χ0n) is 10.1. The van der Waals surface area contributed by atoms with E-state index in [4.69, 9.17) is 15.9 Å². The van der Waals surface area contributed by atoms with Crippen molar-refractivity contribution >= 4 is 17.3 Å². The summed E-state index contributed by atoms with van der Waals surface area (Å²) in [5.41, 5.74) is 5.74. The Bertz CT molecular complexity index is 436. The molecule has 1 rings (SSSR count). The molecule has 18 heavy (non-hydrogen) atoms. The Labute approximate surface area is 104 Å². The van der Waals surface area contributed by atoms with Crippen LogP contribution >= 0.6 is 0 Å². The first-order valence-corrected chi connectivity index (χ1v) is 5.66. The highest BCUT2D eigenvalue weighted by Gasteiger charge is 2.13. The molecule has 0 radical (unpaired) electrons.